The molecule has 0 N–H and O–H groups in total. The minimum absolute atomic E-state index is 0. The molecule has 0 saturated carbocycles. The molecule has 0 aliphatic rings. The molecular formula is C26H36Al3NPTi. The molecule has 0 aliphatic heterocycles. The molecule has 6 heteroatoms. The van der Waals surface area contributed by atoms with Gasteiger partial charge in [0.15, 0.2) is 0 Å². The third kappa shape index (κ3) is 8.77. The molecule has 3 aromatic rings. The van der Waals surface area contributed by atoms with Crippen molar-refractivity contribution in [1.29, 1.82) is 0 Å². The van der Waals surface area contributed by atoms with Gasteiger partial charge in [-0.25, -0.2) is 0 Å². The van der Waals surface area contributed by atoms with Crippen LogP contribution >= 0.6 is 7.05 Å². The molecule has 3 rings (SSSR count). The van der Waals surface area contributed by atoms with Crippen LogP contribution in [0.2, 0.25) is 34.7 Å². The second kappa shape index (κ2) is 16.0. The Morgan fingerprint density at radius 3 is 0.906 bits per heavy atom. The van der Waals surface area contributed by atoms with Crippen molar-refractivity contribution in [1.82, 2.24) is 0 Å². The fourth-order valence-corrected chi connectivity index (χ4v) is 23.1. The zero-order chi connectivity index (χ0) is 22.1. The second-order valence-electron chi connectivity index (χ2n) is 8.61. The summed E-state index contributed by atoms with van der Waals surface area (Å²) in [5, 5.41) is 14.5. The van der Waals surface area contributed by atoms with Crippen LogP contribution < -0.4 is 15.9 Å². The molecule has 1 radical (unpaired) electrons. The van der Waals surface area contributed by atoms with E-state index in [2.05, 4.69) is 37.2 Å². The minimum Gasteiger partial charge on any atom is -0.797 e. The van der Waals surface area contributed by atoms with Crippen molar-refractivity contribution in [3.63, 3.8) is 0 Å². The Bertz CT molecular complexity index is 797. The molecule has 3 aromatic carbocycles. The normalized spacial score (nSPS) is 10.1. The van der Waals surface area contributed by atoms with E-state index in [4.69, 9.17) is 0 Å². The summed E-state index contributed by atoms with van der Waals surface area (Å²) in [7, 11) is -2.53. The Balaban J connectivity index is 0.000000695. The molecule has 0 heterocycles. The summed E-state index contributed by atoms with van der Waals surface area (Å²) in [5.74, 6) is 15.0. The van der Waals surface area contributed by atoms with Gasteiger partial charge in [0, 0.05) is 42.4 Å². The number of hydrogen-bond donors (Lipinski definition) is 0. The smallest absolute Gasteiger partial charge is 0.797 e. The van der Waals surface area contributed by atoms with Crippen LogP contribution in [0, 0.1) is 9.93 Å². The van der Waals surface area contributed by atoms with Crippen molar-refractivity contribution < 1.29 is 21.7 Å². The molecule has 0 unspecified atom stereocenters. The Labute approximate surface area is 226 Å². The molecule has 0 aromatic heterocycles. The van der Waals surface area contributed by atoms with Crippen molar-refractivity contribution in [3.05, 3.63) is 106 Å². The van der Waals surface area contributed by atoms with E-state index < -0.39 is 7.05 Å². The van der Waals surface area contributed by atoms with Crippen LogP contribution in [-0.4, -0.2) is 42.4 Å². The number of rotatable bonds is 6. The first-order valence-corrected chi connectivity index (χ1v) is 21.3. The van der Waals surface area contributed by atoms with Crippen LogP contribution in [0.3, 0.4) is 0 Å². The Morgan fingerprint density at radius 2 is 0.750 bits per heavy atom. The van der Waals surface area contributed by atoms with Gasteiger partial charge in [-0.05, 0) is 15.9 Å². The van der Waals surface area contributed by atoms with Crippen LogP contribution in [-0.2, 0) is 21.7 Å². The SMILES string of the molecule is [CH3-].[CH3][Al]([CH3])[C-]([Al]([CH3])[CH3])[Al]([CH3])[CH3].[N-]=P(c1ccccc1)(c1ccccc1)c1ccccc1.[Ti+3]. The summed E-state index contributed by atoms with van der Waals surface area (Å²) in [4.78, 5) is 0. The summed E-state index contributed by atoms with van der Waals surface area (Å²) in [6.45, 7) is 0. The first kappa shape index (κ1) is 32.2. The third-order valence-corrected chi connectivity index (χ3v) is 24.5. The first-order valence-electron chi connectivity index (χ1n) is 10.9. The van der Waals surface area contributed by atoms with Crippen LogP contribution in [0.5, 0.6) is 0 Å². The molecular weight excluding hydrogens is 486 g/mol. The topological polar surface area (TPSA) is 22.3 Å². The molecule has 0 amide bonds. The summed E-state index contributed by atoms with van der Waals surface area (Å²) < 4.78 is 2.11. The van der Waals surface area contributed by atoms with Crippen LogP contribution in [0.1, 0.15) is 0 Å². The maximum atomic E-state index is 11.5. The molecule has 0 spiro atoms. The molecule has 163 valence electrons. The monoisotopic (exact) mass is 522 g/mol. The van der Waals surface area contributed by atoms with Crippen molar-refractivity contribution in [2.24, 2.45) is 0 Å². The fraction of sp³-hybridized carbons (Fsp3) is 0.231. The predicted molar refractivity (Wildman–Crippen MR) is 151 cm³/mol. The maximum Gasteiger partial charge on any atom is 3.00 e. The van der Waals surface area contributed by atoms with E-state index in [-0.39, 0.29) is 71.6 Å². The molecule has 1 nitrogen and oxygen atoms in total. The molecule has 0 fully saturated rings. The first-order chi connectivity index (χ1) is 14.3. The average Bonchev–Trinajstić information content (AvgIpc) is 2.74. The van der Waals surface area contributed by atoms with E-state index in [1.54, 1.807) is 0 Å². The van der Waals surface area contributed by atoms with Crippen molar-refractivity contribution >= 4 is 65.4 Å². The van der Waals surface area contributed by atoms with Gasteiger partial charge in [0.2, 0.25) is 0 Å². The molecule has 0 atom stereocenters. The van der Waals surface area contributed by atoms with Gasteiger partial charge in [-0.2, -0.15) is 0 Å². The maximum absolute atomic E-state index is 11.5. The summed E-state index contributed by atoms with van der Waals surface area (Å²) in [5.41, 5.74) is 0. The van der Waals surface area contributed by atoms with Gasteiger partial charge in [0.05, 0.1) is 0 Å². The predicted octanol–water partition coefficient (Wildman–Crippen LogP) is 6.62. The minimum atomic E-state index is -2.53. The van der Waals surface area contributed by atoms with E-state index in [0.29, 0.717) is 0 Å². The van der Waals surface area contributed by atoms with E-state index in [0.717, 1.165) is 15.9 Å². The van der Waals surface area contributed by atoms with Crippen LogP contribution in [0.25, 0.3) is 5.16 Å². The van der Waals surface area contributed by atoms with Gasteiger partial charge in [-0.15, -0.1) is 41.8 Å². The van der Waals surface area contributed by atoms with Gasteiger partial charge in [0.25, 0.3) is 0 Å². The van der Waals surface area contributed by atoms with Crippen LogP contribution in [0.15, 0.2) is 91.0 Å². The number of nitrogens with zero attached hydrogens (tertiary/aromatic N) is 1. The van der Waals surface area contributed by atoms with E-state index >= 15 is 0 Å². The second-order valence-corrected chi connectivity index (χ2v) is 22.4. The summed E-state index contributed by atoms with van der Waals surface area (Å²) in [6.07, 6.45) is 0. The number of hydrogen-bond acceptors (Lipinski definition) is 0. The molecule has 32 heavy (non-hydrogen) atoms. The fourth-order valence-electron chi connectivity index (χ4n) is 4.38. The molecule has 0 saturated heterocycles. The standard InChI is InChI=1S/C18H15NP.7CH3.C.3Al.Ti/c19-20(16-10-4-1-5-11-16,17-12-6-2-7-13-17)18-14-8-3-9-15-18;;;;;;;;;;;;/h1-15H;7*1H3;;;;;/q-1;;;;;;;2*-1;;;;+3. The van der Waals surface area contributed by atoms with Gasteiger partial charge >= 0.3 is 21.7 Å². The van der Waals surface area contributed by atoms with E-state index in [1.165, 1.54) is 0 Å². The average molecular weight is 522 g/mol. The zero-order valence-electron chi connectivity index (χ0n) is 20.8. The van der Waals surface area contributed by atoms with Gasteiger partial charge in [0.1, 0.15) is 0 Å². The number of benzene rings is 3. The summed E-state index contributed by atoms with van der Waals surface area (Å²) >= 11 is -1.08. The Hall–Kier alpha value is 0.202. The summed E-state index contributed by atoms with van der Waals surface area (Å²) in [6, 6.07) is 29.8. The zero-order valence-corrected chi connectivity index (χ0v) is 26.7. The van der Waals surface area contributed by atoms with Gasteiger partial charge in [-0.3, -0.25) is 0 Å². The van der Waals surface area contributed by atoms with Gasteiger partial charge in [-0.1, -0.05) is 91.0 Å². The quantitative estimate of drug-likeness (QED) is 0.197. The van der Waals surface area contributed by atoms with Crippen molar-refractivity contribution in [3.8, 4) is 0 Å². The van der Waals surface area contributed by atoms with Gasteiger partial charge < -0.3 is 15.1 Å². The Morgan fingerprint density at radius 1 is 0.531 bits per heavy atom. The van der Waals surface area contributed by atoms with Crippen LogP contribution in [0.4, 0.5) is 0 Å². The molecule has 0 aliphatic carbocycles. The molecule has 0 bridgehead atoms. The van der Waals surface area contributed by atoms with Crippen molar-refractivity contribution in [2.75, 3.05) is 0 Å². The van der Waals surface area contributed by atoms with E-state index in [1.807, 2.05) is 91.0 Å². The van der Waals surface area contributed by atoms with E-state index in [9.17, 15) is 5.16 Å². The largest absolute Gasteiger partial charge is 3.00 e. The van der Waals surface area contributed by atoms with Crippen molar-refractivity contribution in [2.45, 2.75) is 34.7 Å². The Kier molecular flexibility index (Phi) is 16.1. The third-order valence-electron chi connectivity index (χ3n) is 5.39.